The average molecular weight is 2150 g/mol. The Morgan fingerprint density at radius 2 is 0.657 bits per heavy atom. The maximum atomic E-state index is 11.4. The van der Waals surface area contributed by atoms with Gasteiger partial charge in [0.15, 0.2) is 0 Å². The Balaban J connectivity index is 0.0000000953. The van der Waals surface area contributed by atoms with Crippen LogP contribution in [0, 0.1) is 20.2 Å². The number of rotatable bonds is 8. The fourth-order valence-electron chi connectivity index (χ4n) is 20.4. The molecule has 678 valence electrons. The van der Waals surface area contributed by atoms with Crippen LogP contribution in [0.1, 0.15) is 63.1 Å². The zero-order valence-corrected chi connectivity index (χ0v) is 81.6. The summed E-state index contributed by atoms with van der Waals surface area (Å²) in [4.78, 5) is 67.6. The summed E-state index contributed by atoms with van der Waals surface area (Å²) in [6.45, 7) is 0.528. The Morgan fingerprint density at radius 1 is 0.300 bits per heavy atom. The van der Waals surface area contributed by atoms with Gasteiger partial charge in [0.05, 0.1) is 55.0 Å². The number of fused-ring (bicyclic) bond motifs is 33. The molecule has 28 heteroatoms. The number of aliphatic imine (C=N–C) groups is 2. The molecule has 18 aromatic carbocycles. The molecule has 0 saturated carbocycles. The number of aromatic nitrogens is 9. The number of benzene rings is 18. The average Bonchev–Trinajstić information content (AvgIpc) is 1.56. The van der Waals surface area contributed by atoms with Gasteiger partial charge in [-0.3, -0.25) is 30.2 Å². The van der Waals surface area contributed by atoms with Crippen LogP contribution in [0.5, 0.6) is 0 Å². The molecule has 6 aromatic heterocycles. The van der Waals surface area contributed by atoms with Crippen LogP contribution < -0.4 is 33.6 Å². The molecule has 24 aromatic rings. The van der Waals surface area contributed by atoms with Crippen molar-refractivity contribution in [1.82, 2.24) is 55.5 Å². The van der Waals surface area contributed by atoms with Crippen LogP contribution in [-0.4, -0.2) is 66.4 Å². The van der Waals surface area contributed by atoms with Gasteiger partial charge in [0.25, 0.3) is 11.4 Å². The van der Waals surface area contributed by atoms with Gasteiger partial charge >= 0.3 is 0 Å². The van der Waals surface area contributed by atoms with Gasteiger partial charge < -0.3 is 63.5 Å². The maximum Gasteiger partial charge on any atom is 0.269 e. The number of amidine groups is 2. The number of nitrogen functional groups attached to an aromatic ring is 3. The number of nitro groups is 2. The van der Waals surface area contributed by atoms with E-state index in [1.807, 2.05) is 104 Å². The van der Waals surface area contributed by atoms with Crippen molar-refractivity contribution in [1.29, 1.82) is 0 Å². The van der Waals surface area contributed by atoms with E-state index in [0.29, 0.717) is 12.4 Å². The van der Waals surface area contributed by atoms with E-state index in [-0.39, 0.29) is 29.5 Å². The highest BCUT2D eigenvalue weighted by atomic mass is 79.9. The van der Waals surface area contributed by atoms with Gasteiger partial charge in [-0.2, -0.15) is 0 Å². The molecular weight excluding hydrogens is 2070 g/mol. The first kappa shape index (κ1) is 86.9. The molecule has 0 spiro atoms. The molecule has 0 amide bonds. The molecule has 4 atom stereocenters. The number of H-pyrrole nitrogens is 6. The number of nitrogens with one attached hydrogen (secondary N) is 8. The molecule has 23 nitrogen and oxygen atoms in total. The number of halogens is 5. The van der Waals surface area contributed by atoms with Crippen molar-refractivity contribution in [2.45, 2.75) is 30.7 Å². The smallest absolute Gasteiger partial charge is 0.269 e. The lowest BCUT2D eigenvalue weighted by Gasteiger charge is -2.30. The van der Waals surface area contributed by atoms with Crippen molar-refractivity contribution in [3.63, 3.8) is 0 Å². The van der Waals surface area contributed by atoms with Gasteiger partial charge in [-0.15, -0.1) is 0 Å². The first-order valence-electron chi connectivity index (χ1n) is 45.0. The molecule has 0 bridgehead atoms. The Morgan fingerprint density at radius 3 is 1.16 bits per heavy atom. The van der Waals surface area contributed by atoms with Crippen molar-refractivity contribution in [2.24, 2.45) is 15.7 Å². The molecule has 2 aliphatic heterocycles. The van der Waals surface area contributed by atoms with Crippen molar-refractivity contribution in [2.75, 3.05) is 17.2 Å². The number of anilines is 3. The summed E-state index contributed by atoms with van der Waals surface area (Å²) in [6.07, 6.45) is 5.90. The van der Waals surface area contributed by atoms with Crippen LogP contribution in [0.25, 0.3) is 187 Å². The molecule has 4 unspecified atom stereocenters. The zero-order valence-electron chi connectivity index (χ0n) is 73.7. The predicted molar refractivity (Wildman–Crippen MR) is 585 cm³/mol. The fraction of sp³-hybridized carbons (Fsp3) is 0.0446. The molecule has 0 fully saturated rings. The zero-order chi connectivity index (χ0) is 95.1. The number of nitro benzene ring substituents is 2. The Labute approximate surface area is 838 Å². The van der Waals surface area contributed by atoms with E-state index in [0.717, 1.165) is 201 Å². The number of hydrogen-bond acceptors (Lipinski definition) is 15. The SMILES string of the molecule is Brc1ccc2[nH]cc(-c3nc4c5cc(Br)ccc5c5ccc(Br)cc5c4[nH]3)c2c1.NCc1cccc(-c2nc3c4ccccc4c4ccccc4c3[nH]2)c1.Nc1ccc(-c2nc3c4ccccc4c4ccccc4c3[nH]2)cc1.Nc1ccc2c(c1)C1N=C(c3c[nH]c4ccc(Br)cc34)NC1c1cc(N)ccc1-2.O=[N+]([O-])c1ccc2c(c1)C1N=C(c3c[nH]c4ccc(Br)cc34)NC1c1cc([N+](=O)[O-])ccc1-2. The maximum absolute atomic E-state index is 11.4. The first-order chi connectivity index (χ1) is 68.2. The number of non-ortho nitro benzene ring substituents is 2. The van der Waals surface area contributed by atoms with Crippen LogP contribution in [0.2, 0.25) is 0 Å². The lowest BCUT2D eigenvalue weighted by molar-refractivity contribution is -0.385. The van der Waals surface area contributed by atoms with Crippen molar-refractivity contribution in [3.8, 4) is 56.4 Å². The highest BCUT2D eigenvalue weighted by Crippen LogP contribution is 2.54. The third kappa shape index (κ3) is 15.3. The van der Waals surface area contributed by atoms with Gasteiger partial charge in [0.1, 0.15) is 41.2 Å². The minimum atomic E-state index is -0.457. The standard InChI is InChI=1S/C23H12Br3N3.C23H14BrN5O4.C23H18BrN5.C22H17N3.C21H15N3/c24-11-1-4-14-15-5-2-12(25)9-18(15)22-21(17(14)8-11)28-23(29-22)19-10-27-20-6-3-13(26)7-16(19)20;24-11-1-6-20-16(7-11)19(10-25-20)23-26-21-17-8-12(28(30)31)2-4-14(17)15-5-3-13(29(32)33)9-18(15)22(21)27-23;24-11-1-6-20-16(7-11)19(10-27-20)23-28-21-17-8-12(25)2-4-14(17)15-5-3-13(26)9-18(15)22(21)29-23;23-13-14-6-5-7-15(12-14)22-24-20-18-10-3-1-8-16(18)17-9-2-4-11-19(17)21(20)25-22;22-14-11-9-13(10-12-14)21-23-19-17-7-3-1-5-15(17)16-6-2-4-8-18(16)20(19)24-21/h1-10,27H,(H,28,29);1-10,21-22,25H,(H,26,27);1-10,21-22,27H,25-26H2,(H,28,29);1-12H,13,23H2,(H,24,25);1-12H,22H2,(H,23,24). The van der Waals surface area contributed by atoms with Crippen LogP contribution in [0.4, 0.5) is 28.4 Å². The molecule has 8 heterocycles. The molecule has 16 N–H and O–H groups in total. The third-order valence-electron chi connectivity index (χ3n) is 26.8. The van der Waals surface area contributed by atoms with Gasteiger partial charge in [0.2, 0.25) is 0 Å². The molecule has 140 heavy (non-hydrogen) atoms. The number of nitrogens with two attached hydrogens (primary N) is 4. The minimum absolute atomic E-state index is 0.0101. The summed E-state index contributed by atoms with van der Waals surface area (Å²) in [5.74, 6) is 4.12. The second kappa shape index (κ2) is 34.9. The van der Waals surface area contributed by atoms with Gasteiger partial charge in [0, 0.05) is 182 Å². The van der Waals surface area contributed by atoms with E-state index in [4.69, 9.17) is 47.9 Å². The van der Waals surface area contributed by atoms with E-state index in [9.17, 15) is 20.2 Å². The summed E-state index contributed by atoms with van der Waals surface area (Å²) in [7, 11) is 0. The van der Waals surface area contributed by atoms with Gasteiger partial charge in [-0.25, -0.2) is 15.0 Å². The predicted octanol–water partition coefficient (Wildman–Crippen LogP) is 28.9. The molecule has 0 saturated heterocycles. The largest absolute Gasteiger partial charge is 0.399 e. The van der Waals surface area contributed by atoms with Crippen LogP contribution in [-0.2, 0) is 6.54 Å². The first-order valence-corrected chi connectivity index (χ1v) is 49.0. The van der Waals surface area contributed by atoms with Gasteiger partial charge in [-0.05, 0) is 228 Å². The fourth-order valence-corrected chi connectivity index (χ4v) is 22.2. The highest BCUT2D eigenvalue weighted by Gasteiger charge is 2.42. The summed E-state index contributed by atoms with van der Waals surface area (Å²) in [6, 6.07) is 102. The van der Waals surface area contributed by atoms with Gasteiger partial charge in [-0.1, -0.05) is 219 Å². The van der Waals surface area contributed by atoms with Crippen LogP contribution in [0.15, 0.2) is 360 Å². The normalized spacial score (nSPS) is 14.8. The number of imidazole rings is 3. The number of nitrogens with zero attached hydrogens (tertiary/aromatic N) is 7. The number of aromatic amines is 6. The van der Waals surface area contributed by atoms with Crippen LogP contribution >= 0.6 is 79.6 Å². The van der Waals surface area contributed by atoms with Crippen molar-refractivity contribution >= 4 is 250 Å². The Bertz CT molecular complexity index is 9180. The number of hydrogen-bond donors (Lipinski definition) is 12. The van der Waals surface area contributed by atoms with Crippen molar-refractivity contribution < 1.29 is 9.85 Å². The topological polar surface area (TPSA) is 373 Å². The summed E-state index contributed by atoms with van der Waals surface area (Å²) in [5.41, 5.74) is 49.3. The van der Waals surface area contributed by atoms with Crippen molar-refractivity contribution in [3.05, 3.63) is 410 Å². The van der Waals surface area contributed by atoms with Crippen LogP contribution in [0.3, 0.4) is 0 Å². The highest BCUT2D eigenvalue weighted by molar-refractivity contribution is 9.11. The summed E-state index contributed by atoms with van der Waals surface area (Å²) in [5, 5.41) is 47.6. The lowest BCUT2D eigenvalue weighted by atomic mass is 9.79. The monoisotopic (exact) mass is 2150 g/mol. The summed E-state index contributed by atoms with van der Waals surface area (Å²) >= 11 is 17.9. The van der Waals surface area contributed by atoms with E-state index >= 15 is 0 Å². The Kier molecular flexibility index (Phi) is 21.7. The summed E-state index contributed by atoms with van der Waals surface area (Å²) < 4.78 is 5.11. The van der Waals surface area contributed by atoms with E-state index in [1.165, 1.54) is 82.7 Å². The Hall–Kier alpha value is -16.0. The van der Waals surface area contributed by atoms with E-state index in [2.05, 4.69) is 308 Å². The van der Waals surface area contributed by atoms with E-state index in [1.54, 1.807) is 24.3 Å². The minimum Gasteiger partial charge on any atom is -0.399 e. The second-order valence-electron chi connectivity index (χ2n) is 35.0. The second-order valence-corrected chi connectivity index (χ2v) is 39.6. The molecule has 28 rings (SSSR count). The molecule has 4 aliphatic rings. The van der Waals surface area contributed by atoms with E-state index < -0.39 is 15.9 Å². The lowest BCUT2D eigenvalue weighted by Crippen LogP contribution is -2.27. The quantitative estimate of drug-likeness (QED) is 0.0292. The third-order valence-corrected chi connectivity index (χ3v) is 29.3. The molecular formula is C112H76Br5N19O4. The molecule has 0 radical (unpaired) electrons. The molecule has 2 aliphatic carbocycles.